The van der Waals surface area contributed by atoms with Crippen molar-refractivity contribution in [1.82, 2.24) is 10.2 Å². The van der Waals surface area contributed by atoms with Crippen molar-refractivity contribution in [2.75, 3.05) is 26.3 Å². The van der Waals surface area contributed by atoms with Crippen LogP contribution in [0.5, 0.6) is 0 Å². The predicted molar refractivity (Wildman–Crippen MR) is 149 cm³/mol. The van der Waals surface area contributed by atoms with Crippen molar-refractivity contribution in [1.29, 1.82) is 0 Å². The zero-order chi connectivity index (χ0) is 28.0. The largest absolute Gasteiger partial charge is 0.466 e. The van der Waals surface area contributed by atoms with Crippen LogP contribution in [0.25, 0.3) is 0 Å². The third-order valence-corrected chi connectivity index (χ3v) is 7.94. The quantitative estimate of drug-likeness (QED) is 0.451. The summed E-state index contributed by atoms with van der Waals surface area (Å²) in [5, 5.41) is 2.83. The molecular weight excluding hydrogens is 494 g/mol. The number of fused-ring (bicyclic) bond motifs is 2. The lowest BCUT2D eigenvalue weighted by atomic mass is 9.73. The highest BCUT2D eigenvalue weighted by atomic mass is 16.5. The van der Waals surface area contributed by atoms with Gasteiger partial charge in [-0.2, -0.15) is 0 Å². The molecule has 8 nitrogen and oxygen atoms in total. The van der Waals surface area contributed by atoms with Gasteiger partial charge < -0.3 is 25.4 Å². The van der Waals surface area contributed by atoms with E-state index in [9.17, 15) is 14.4 Å². The van der Waals surface area contributed by atoms with Gasteiger partial charge in [0.15, 0.2) is 0 Å². The minimum absolute atomic E-state index is 0.0572. The van der Waals surface area contributed by atoms with Crippen molar-refractivity contribution in [2.24, 2.45) is 5.73 Å². The third-order valence-electron chi connectivity index (χ3n) is 7.94. The Hall–Kier alpha value is -3.23. The molecule has 4 rings (SSSR count). The predicted octanol–water partition coefficient (Wildman–Crippen LogP) is 3.43. The Labute approximate surface area is 231 Å². The number of likely N-dealkylation sites (tertiary alicyclic amines) is 1. The van der Waals surface area contributed by atoms with Crippen LogP contribution in [0.2, 0.25) is 0 Å². The van der Waals surface area contributed by atoms with E-state index in [2.05, 4.69) is 23.5 Å². The molecule has 2 aromatic rings. The van der Waals surface area contributed by atoms with Crippen molar-refractivity contribution < 1.29 is 23.9 Å². The summed E-state index contributed by atoms with van der Waals surface area (Å²) in [5.74, 6) is -0.611. The number of ether oxygens (including phenoxy) is 2. The number of nitrogens with one attached hydrogen (secondary N) is 1. The van der Waals surface area contributed by atoms with E-state index < -0.39 is 17.5 Å². The number of rotatable bonds is 10. The third kappa shape index (κ3) is 6.86. The van der Waals surface area contributed by atoms with Gasteiger partial charge in [0.1, 0.15) is 6.04 Å². The number of esters is 1. The maximum absolute atomic E-state index is 13.7. The number of carbonyl (C=O) groups is 3. The van der Waals surface area contributed by atoms with Gasteiger partial charge in [-0.1, -0.05) is 54.6 Å². The van der Waals surface area contributed by atoms with Crippen LogP contribution in [-0.2, 0) is 35.9 Å². The molecule has 8 heteroatoms. The highest BCUT2D eigenvalue weighted by molar-refractivity contribution is 5.91. The first-order valence-corrected chi connectivity index (χ1v) is 13.9. The Morgan fingerprint density at radius 3 is 2.41 bits per heavy atom. The van der Waals surface area contributed by atoms with Crippen molar-refractivity contribution in [3.05, 3.63) is 71.3 Å². The van der Waals surface area contributed by atoms with Gasteiger partial charge >= 0.3 is 5.97 Å². The fraction of sp³-hybridized carbons (Fsp3) is 0.516. The SMILES string of the molecule is CCOC(=O)C[C@H]1CC2(CCN(C(=O)C(COCc3ccccc3)NC(=O)C(C)(C)N)CC2)c2ccccc21. The maximum Gasteiger partial charge on any atom is 0.306 e. The molecule has 1 heterocycles. The summed E-state index contributed by atoms with van der Waals surface area (Å²) >= 11 is 0. The van der Waals surface area contributed by atoms with E-state index in [1.807, 2.05) is 48.2 Å². The van der Waals surface area contributed by atoms with Gasteiger partial charge in [-0.15, -0.1) is 0 Å². The lowest BCUT2D eigenvalue weighted by molar-refractivity contribution is -0.143. The minimum atomic E-state index is -1.12. The van der Waals surface area contributed by atoms with E-state index in [0.717, 1.165) is 24.8 Å². The van der Waals surface area contributed by atoms with Gasteiger partial charge in [0.05, 0.1) is 31.8 Å². The molecule has 3 N–H and O–H groups in total. The van der Waals surface area contributed by atoms with Gasteiger partial charge in [-0.3, -0.25) is 14.4 Å². The number of carbonyl (C=O) groups excluding carboxylic acids is 3. The zero-order valence-electron chi connectivity index (χ0n) is 23.3. The molecule has 1 unspecified atom stereocenters. The molecule has 1 aliphatic carbocycles. The van der Waals surface area contributed by atoms with E-state index in [-0.39, 0.29) is 29.8 Å². The maximum atomic E-state index is 13.7. The second-order valence-corrected chi connectivity index (χ2v) is 11.4. The molecule has 0 radical (unpaired) electrons. The Morgan fingerprint density at radius 1 is 1.08 bits per heavy atom. The van der Waals surface area contributed by atoms with Crippen LogP contribution in [-0.4, -0.2) is 60.6 Å². The summed E-state index contributed by atoms with van der Waals surface area (Å²) < 4.78 is 11.1. The number of nitrogens with zero attached hydrogens (tertiary/aromatic N) is 1. The van der Waals surface area contributed by atoms with Gasteiger partial charge in [0.2, 0.25) is 11.8 Å². The van der Waals surface area contributed by atoms with Crippen LogP contribution < -0.4 is 11.1 Å². The van der Waals surface area contributed by atoms with Crippen LogP contribution in [0, 0.1) is 0 Å². The lowest BCUT2D eigenvalue weighted by Crippen LogP contribution is -2.59. The van der Waals surface area contributed by atoms with Crippen LogP contribution in [0.3, 0.4) is 0 Å². The fourth-order valence-electron chi connectivity index (χ4n) is 5.87. The summed E-state index contributed by atoms with van der Waals surface area (Å²) in [6, 6.07) is 17.2. The standard InChI is InChI=1S/C31H41N3O5/c1-4-39-27(35)18-23-19-31(25-13-9-8-12-24(23)25)14-16-34(17-15-31)28(36)26(33-29(37)30(2,3)32)21-38-20-22-10-6-5-7-11-22/h5-13,23,26H,4,14-21,32H2,1-3H3,(H,33,37)/t23-,26?/m0/s1. The molecule has 2 aliphatic rings. The molecule has 1 aliphatic heterocycles. The first-order chi connectivity index (χ1) is 18.6. The number of amides is 2. The molecule has 0 aromatic heterocycles. The van der Waals surface area contributed by atoms with E-state index in [0.29, 0.717) is 32.7 Å². The number of hydrogen-bond acceptors (Lipinski definition) is 6. The van der Waals surface area contributed by atoms with Gasteiger partial charge in [-0.25, -0.2) is 0 Å². The van der Waals surface area contributed by atoms with E-state index in [4.69, 9.17) is 15.2 Å². The molecule has 0 saturated carbocycles. The molecule has 0 bridgehead atoms. The van der Waals surface area contributed by atoms with Crippen LogP contribution in [0.4, 0.5) is 0 Å². The molecule has 210 valence electrons. The topological polar surface area (TPSA) is 111 Å². The average Bonchev–Trinajstić information content (AvgIpc) is 3.20. The van der Waals surface area contributed by atoms with Crippen LogP contribution >= 0.6 is 0 Å². The first kappa shape index (κ1) is 28.8. The number of piperidine rings is 1. The van der Waals surface area contributed by atoms with Crippen molar-refractivity contribution >= 4 is 17.8 Å². The van der Waals surface area contributed by atoms with Crippen molar-refractivity contribution in [3.8, 4) is 0 Å². The summed E-state index contributed by atoms with van der Waals surface area (Å²) in [4.78, 5) is 40.5. The molecule has 39 heavy (non-hydrogen) atoms. The summed E-state index contributed by atoms with van der Waals surface area (Å²) in [6.45, 7) is 6.96. The van der Waals surface area contributed by atoms with Gasteiger partial charge in [0.25, 0.3) is 0 Å². The van der Waals surface area contributed by atoms with Crippen molar-refractivity contribution in [3.63, 3.8) is 0 Å². The second-order valence-electron chi connectivity index (χ2n) is 11.4. The Kier molecular flexibility index (Phi) is 9.08. The molecule has 1 saturated heterocycles. The molecule has 2 aromatic carbocycles. The average molecular weight is 536 g/mol. The van der Waals surface area contributed by atoms with E-state index in [1.165, 1.54) is 11.1 Å². The highest BCUT2D eigenvalue weighted by Gasteiger charge is 2.47. The zero-order valence-corrected chi connectivity index (χ0v) is 23.3. The Morgan fingerprint density at radius 2 is 1.74 bits per heavy atom. The number of nitrogens with two attached hydrogens (primary N) is 1. The van der Waals surface area contributed by atoms with Crippen molar-refractivity contribution in [2.45, 2.75) is 76.0 Å². The van der Waals surface area contributed by atoms with Crippen LogP contribution in [0.1, 0.15) is 69.1 Å². The molecular formula is C31H41N3O5. The molecule has 1 fully saturated rings. The lowest BCUT2D eigenvalue weighted by Gasteiger charge is -2.41. The number of hydrogen-bond donors (Lipinski definition) is 2. The minimum Gasteiger partial charge on any atom is -0.466 e. The smallest absolute Gasteiger partial charge is 0.306 e. The Bertz CT molecular complexity index is 1150. The monoisotopic (exact) mass is 535 g/mol. The Balaban J connectivity index is 1.43. The van der Waals surface area contributed by atoms with Gasteiger partial charge in [-0.05, 0) is 68.1 Å². The fourth-order valence-corrected chi connectivity index (χ4v) is 5.87. The van der Waals surface area contributed by atoms with E-state index >= 15 is 0 Å². The van der Waals surface area contributed by atoms with Gasteiger partial charge in [0, 0.05) is 13.1 Å². The molecule has 2 amide bonds. The molecule has 1 spiro atoms. The summed E-state index contributed by atoms with van der Waals surface area (Å²) in [5.41, 5.74) is 8.30. The summed E-state index contributed by atoms with van der Waals surface area (Å²) in [6.07, 6.45) is 2.83. The normalized spacial score (nSPS) is 18.9. The summed E-state index contributed by atoms with van der Waals surface area (Å²) in [7, 11) is 0. The second kappa shape index (κ2) is 12.3. The van der Waals surface area contributed by atoms with Crippen LogP contribution in [0.15, 0.2) is 54.6 Å². The highest BCUT2D eigenvalue weighted by Crippen LogP contribution is 2.52. The van der Waals surface area contributed by atoms with E-state index in [1.54, 1.807) is 13.8 Å². The number of benzene rings is 2. The molecule has 2 atom stereocenters. The first-order valence-electron chi connectivity index (χ1n) is 13.9.